The molecule has 1 heterocycles. The highest BCUT2D eigenvalue weighted by atomic mass is 35.5. The van der Waals surface area contributed by atoms with Crippen molar-refractivity contribution in [3.8, 4) is 5.75 Å². The summed E-state index contributed by atoms with van der Waals surface area (Å²) < 4.78 is 35.6. The van der Waals surface area contributed by atoms with Gasteiger partial charge in [0.1, 0.15) is 23.0 Å². The minimum Gasteiger partial charge on any atom is -0.483 e. The number of aryl methyl sites for hydroxylation is 1. The molecule has 0 unspecified atom stereocenters. The van der Waals surface area contributed by atoms with Crippen molar-refractivity contribution >= 4 is 45.0 Å². The monoisotopic (exact) mass is 486 g/mol. The third-order valence-electron chi connectivity index (χ3n) is 4.82. The van der Waals surface area contributed by atoms with Crippen molar-refractivity contribution in [1.29, 1.82) is 0 Å². The molecule has 0 saturated heterocycles. The van der Waals surface area contributed by atoms with E-state index in [4.69, 9.17) is 16.3 Å². The number of thiazole rings is 1. The molecule has 0 fully saturated rings. The van der Waals surface area contributed by atoms with Crippen LogP contribution in [0.1, 0.15) is 36.9 Å². The third kappa shape index (κ3) is 5.02. The normalized spacial score (nSPS) is 10.9. The molecule has 1 N–H and O–H groups in total. The standard InChI is InChI=1S/C24H17ClF2N2O3S/c1-13-2-9-19-17(10-13)28-20(33-19)12-32-18-8-7-16(26)21(22(18)27)24(31)29-23(30)15-5-3-14(11-25)4-6-15/h2-10H,11-12H2,1H3,(H,29,30,31). The first-order valence-electron chi connectivity index (χ1n) is 9.83. The number of alkyl halides is 1. The van der Waals surface area contributed by atoms with Gasteiger partial charge in [-0.15, -0.1) is 22.9 Å². The summed E-state index contributed by atoms with van der Waals surface area (Å²) in [4.78, 5) is 29.2. The highest BCUT2D eigenvalue weighted by Gasteiger charge is 2.24. The number of halogens is 3. The lowest BCUT2D eigenvalue weighted by atomic mass is 10.1. The highest BCUT2D eigenvalue weighted by Crippen LogP contribution is 2.27. The van der Waals surface area contributed by atoms with Crippen LogP contribution in [0.3, 0.4) is 0 Å². The topological polar surface area (TPSA) is 68.3 Å². The van der Waals surface area contributed by atoms with Gasteiger partial charge in [0, 0.05) is 11.4 Å². The molecule has 168 valence electrons. The number of aromatic nitrogens is 1. The lowest BCUT2D eigenvalue weighted by molar-refractivity contribution is 0.0844. The molecule has 1 aromatic heterocycles. The van der Waals surface area contributed by atoms with Gasteiger partial charge in [0.2, 0.25) is 0 Å². The van der Waals surface area contributed by atoms with Crippen molar-refractivity contribution in [1.82, 2.24) is 10.3 Å². The van der Waals surface area contributed by atoms with E-state index in [-0.39, 0.29) is 23.8 Å². The molecule has 33 heavy (non-hydrogen) atoms. The van der Waals surface area contributed by atoms with Crippen LogP contribution in [0, 0.1) is 18.6 Å². The predicted molar refractivity (Wildman–Crippen MR) is 123 cm³/mol. The molecular formula is C24H17ClF2N2O3S. The number of fused-ring (bicyclic) bond motifs is 1. The SMILES string of the molecule is Cc1ccc2sc(COc3ccc(F)c(C(=O)NC(=O)c4ccc(CCl)cc4)c3F)nc2c1. The summed E-state index contributed by atoms with van der Waals surface area (Å²) in [6.07, 6.45) is 0. The highest BCUT2D eigenvalue weighted by molar-refractivity contribution is 7.18. The van der Waals surface area contributed by atoms with Crippen LogP contribution in [0.4, 0.5) is 8.78 Å². The molecule has 0 spiro atoms. The summed E-state index contributed by atoms with van der Waals surface area (Å²) in [6.45, 7) is 1.89. The minimum absolute atomic E-state index is 0.0617. The number of rotatable bonds is 6. The molecule has 0 atom stereocenters. The van der Waals surface area contributed by atoms with Crippen molar-refractivity contribution < 1.29 is 23.1 Å². The van der Waals surface area contributed by atoms with Crippen LogP contribution in [-0.4, -0.2) is 16.8 Å². The zero-order valence-corrected chi connectivity index (χ0v) is 18.9. The summed E-state index contributed by atoms with van der Waals surface area (Å²) in [5.74, 6) is -4.38. The quantitative estimate of drug-likeness (QED) is 0.277. The zero-order chi connectivity index (χ0) is 23.5. The maximum Gasteiger partial charge on any atom is 0.264 e. The van der Waals surface area contributed by atoms with E-state index in [2.05, 4.69) is 4.98 Å². The first kappa shape index (κ1) is 22.8. The van der Waals surface area contributed by atoms with Crippen LogP contribution in [0.2, 0.25) is 0 Å². The molecule has 4 rings (SSSR count). The zero-order valence-electron chi connectivity index (χ0n) is 17.3. The van der Waals surface area contributed by atoms with Crippen molar-refractivity contribution in [2.75, 3.05) is 0 Å². The Hall–Kier alpha value is -3.36. The molecule has 0 aliphatic rings. The van der Waals surface area contributed by atoms with Gasteiger partial charge >= 0.3 is 0 Å². The Bertz CT molecular complexity index is 1360. The molecule has 5 nitrogen and oxygen atoms in total. The molecule has 3 aromatic carbocycles. The van der Waals surface area contributed by atoms with Gasteiger partial charge in [-0.1, -0.05) is 18.2 Å². The fraction of sp³-hybridized carbons (Fsp3) is 0.125. The number of ether oxygens (including phenoxy) is 1. The van der Waals surface area contributed by atoms with Gasteiger partial charge in [0.05, 0.1) is 10.2 Å². The summed E-state index contributed by atoms with van der Waals surface area (Å²) in [6, 6.07) is 14.0. The third-order valence-corrected chi connectivity index (χ3v) is 6.14. The lowest BCUT2D eigenvalue weighted by Gasteiger charge is -2.10. The Morgan fingerprint density at radius 3 is 2.55 bits per heavy atom. The van der Waals surface area contributed by atoms with E-state index in [9.17, 15) is 18.4 Å². The lowest BCUT2D eigenvalue weighted by Crippen LogP contribution is -2.32. The van der Waals surface area contributed by atoms with Gasteiger partial charge < -0.3 is 4.74 Å². The smallest absolute Gasteiger partial charge is 0.264 e. The molecule has 9 heteroatoms. The number of carbonyl (C=O) groups excluding carboxylic acids is 2. The Labute approximate surface area is 197 Å². The van der Waals surface area contributed by atoms with E-state index in [1.54, 1.807) is 12.1 Å². The van der Waals surface area contributed by atoms with Crippen LogP contribution in [0.15, 0.2) is 54.6 Å². The molecule has 0 aliphatic carbocycles. The van der Waals surface area contributed by atoms with Gasteiger partial charge in [-0.25, -0.2) is 13.8 Å². The second kappa shape index (κ2) is 9.64. The second-order valence-electron chi connectivity index (χ2n) is 7.22. The predicted octanol–water partition coefficient (Wildman–Crippen LogP) is 5.77. The summed E-state index contributed by atoms with van der Waals surface area (Å²) in [7, 11) is 0. The number of benzene rings is 3. The first-order chi connectivity index (χ1) is 15.9. The first-order valence-corrected chi connectivity index (χ1v) is 11.2. The molecule has 0 bridgehead atoms. The Balaban J connectivity index is 1.50. The van der Waals surface area contributed by atoms with Crippen molar-refractivity contribution in [3.63, 3.8) is 0 Å². The molecule has 0 radical (unpaired) electrons. The van der Waals surface area contributed by atoms with Gasteiger partial charge in [0.25, 0.3) is 11.8 Å². The van der Waals surface area contributed by atoms with E-state index in [0.717, 1.165) is 33.5 Å². The van der Waals surface area contributed by atoms with Crippen molar-refractivity contribution in [2.24, 2.45) is 0 Å². The van der Waals surface area contributed by atoms with Gasteiger partial charge in [-0.2, -0.15) is 0 Å². The van der Waals surface area contributed by atoms with E-state index in [0.29, 0.717) is 5.01 Å². The number of nitrogens with one attached hydrogen (secondary N) is 1. The Morgan fingerprint density at radius 1 is 1.06 bits per heavy atom. The van der Waals surface area contributed by atoms with Crippen LogP contribution >= 0.6 is 22.9 Å². The molecule has 4 aromatic rings. The number of imide groups is 1. The van der Waals surface area contributed by atoms with Gasteiger partial charge in [-0.3, -0.25) is 14.9 Å². The fourth-order valence-electron chi connectivity index (χ4n) is 3.12. The Morgan fingerprint density at radius 2 is 1.82 bits per heavy atom. The summed E-state index contributed by atoms with van der Waals surface area (Å²) >= 11 is 7.10. The van der Waals surface area contributed by atoms with Crippen LogP contribution in [-0.2, 0) is 12.5 Å². The second-order valence-corrected chi connectivity index (χ2v) is 8.60. The van der Waals surface area contributed by atoms with E-state index < -0.39 is 29.0 Å². The van der Waals surface area contributed by atoms with E-state index in [1.807, 2.05) is 30.4 Å². The fourth-order valence-corrected chi connectivity index (χ4v) is 4.16. The van der Waals surface area contributed by atoms with Crippen LogP contribution in [0.25, 0.3) is 10.2 Å². The molecule has 2 amide bonds. The number of carbonyl (C=O) groups is 2. The summed E-state index contributed by atoms with van der Waals surface area (Å²) in [5, 5.41) is 2.60. The molecule has 0 aliphatic heterocycles. The summed E-state index contributed by atoms with van der Waals surface area (Å²) in [5.41, 5.74) is 1.89. The molecular weight excluding hydrogens is 470 g/mol. The van der Waals surface area contributed by atoms with E-state index in [1.165, 1.54) is 23.5 Å². The number of nitrogens with zero attached hydrogens (tertiary/aromatic N) is 1. The van der Waals surface area contributed by atoms with Crippen LogP contribution in [0.5, 0.6) is 5.75 Å². The molecule has 0 saturated carbocycles. The number of hydrogen-bond acceptors (Lipinski definition) is 5. The van der Waals surface area contributed by atoms with Crippen molar-refractivity contribution in [3.05, 3.63) is 93.5 Å². The number of hydrogen-bond donors (Lipinski definition) is 1. The maximum absolute atomic E-state index is 14.9. The largest absolute Gasteiger partial charge is 0.483 e. The average molecular weight is 487 g/mol. The maximum atomic E-state index is 14.9. The van der Waals surface area contributed by atoms with Gasteiger partial charge in [0.15, 0.2) is 11.6 Å². The Kier molecular flexibility index (Phi) is 6.67. The van der Waals surface area contributed by atoms with Crippen LogP contribution < -0.4 is 10.1 Å². The van der Waals surface area contributed by atoms with Crippen molar-refractivity contribution in [2.45, 2.75) is 19.4 Å². The minimum atomic E-state index is -1.21. The average Bonchev–Trinajstić information content (AvgIpc) is 3.20. The van der Waals surface area contributed by atoms with Gasteiger partial charge in [-0.05, 0) is 54.4 Å². The van der Waals surface area contributed by atoms with E-state index >= 15 is 0 Å². The number of amides is 2.